The molecule has 0 bridgehead atoms. The number of nitrogens with zero attached hydrogens (tertiary/aromatic N) is 2. The predicted octanol–water partition coefficient (Wildman–Crippen LogP) is 4.38. The number of benzene rings is 2. The number of methoxy groups -OCH3 is 1. The first-order valence-corrected chi connectivity index (χ1v) is 11.4. The lowest BCUT2D eigenvalue weighted by atomic mass is 10.0. The molecular formula is C26H33ClN2O5. The number of halogens is 1. The van der Waals surface area contributed by atoms with Gasteiger partial charge in [0.25, 0.3) is 0 Å². The molecule has 1 saturated heterocycles. The number of rotatable bonds is 12. The molecule has 1 aliphatic rings. The summed E-state index contributed by atoms with van der Waals surface area (Å²) >= 11 is 0. The lowest BCUT2D eigenvalue weighted by molar-refractivity contribution is -0.140. The molecular weight excluding hydrogens is 456 g/mol. The topological polar surface area (TPSA) is 81.0 Å². The van der Waals surface area contributed by atoms with E-state index in [-0.39, 0.29) is 31.2 Å². The molecule has 8 heteroatoms. The van der Waals surface area contributed by atoms with Crippen LogP contribution in [-0.2, 0) is 23.7 Å². The molecule has 0 aliphatic carbocycles. The van der Waals surface area contributed by atoms with Crippen LogP contribution >= 0.6 is 12.4 Å². The van der Waals surface area contributed by atoms with Gasteiger partial charge in [0, 0.05) is 25.9 Å². The van der Waals surface area contributed by atoms with Crippen LogP contribution in [0.4, 0.5) is 5.69 Å². The number of esters is 1. The van der Waals surface area contributed by atoms with Gasteiger partial charge in [-0.25, -0.2) is 4.79 Å². The molecule has 184 valence electrons. The molecule has 0 saturated carbocycles. The monoisotopic (exact) mass is 488 g/mol. The van der Waals surface area contributed by atoms with Gasteiger partial charge in [-0.2, -0.15) is 5.26 Å². The highest BCUT2D eigenvalue weighted by molar-refractivity contribution is 5.98. The van der Waals surface area contributed by atoms with Crippen molar-refractivity contribution in [2.45, 2.75) is 19.3 Å². The number of ether oxygens (including phenoxy) is 4. The maximum atomic E-state index is 12.3. The zero-order valence-electron chi connectivity index (χ0n) is 19.7. The zero-order valence-corrected chi connectivity index (χ0v) is 20.5. The third-order valence-corrected chi connectivity index (χ3v) is 5.49. The largest absolute Gasteiger partial charge is 0.459 e. The van der Waals surface area contributed by atoms with Crippen molar-refractivity contribution in [2.24, 2.45) is 0 Å². The Morgan fingerprint density at radius 1 is 0.941 bits per heavy atom. The van der Waals surface area contributed by atoms with Crippen molar-refractivity contribution >= 4 is 40.9 Å². The van der Waals surface area contributed by atoms with Crippen molar-refractivity contribution < 1.29 is 23.7 Å². The zero-order chi connectivity index (χ0) is 23.3. The molecule has 0 atom stereocenters. The van der Waals surface area contributed by atoms with Crippen LogP contribution in [0.5, 0.6) is 0 Å². The van der Waals surface area contributed by atoms with Crippen molar-refractivity contribution in [3.63, 3.8) is 0 Å². The van der Waals surface area contributed by atoms with Gasteiger partial charge >= 0.3 is 5.97 Å². The summed E-state index contributed by atoms with van der Waals surface area (Å²) in [5, 5.41) is 11.6. The highest BCUT2D eigenvalue weighted by atomic mass is 35.5. The second kappa shape index (κ2) is 15.3. The quantitative estimate of drug-likeness (QED) is 0.190. The summed E-state index contributed by atoms with van der Waals surface area (Å²) in [7, 11) is 1.61. The molecule has 2 aromatic rings. The van der Waals surface area contributed by atoms with Crippen molar-refractivity contribution in [3.8, 4) is 6.07 Å². The van der Waals surface area contributed by atoms with Crippen molar-refractivity contribution in [1.82, 2.24) is 0 Å². The van der Waals surface area contributed by atoms with E-state index in [0.29, 0.717) is 26.4 Å². The summed E-state index contributed by atoms with van der Waals surface area (Å²) in [6.07, 6.45) is 5.35. The minimum Gasteiger partial charge on any atom is -0.459 e. The molecule has 0 radical (unpaired) electrons. The Morgan fingerprint density at radius 2 is 1.59 bits per heavy atom. The number of anilines is 1. The molecule has 0 aromatic heterocycles. The molecule has 0 amide bonds. The third-order valence-electron chi connectivity index (χ3n) is 5.49. The van der Waals surface area contributed by atoms with Crippen LogP contribution in [0, 0.1) is 11.3 Å². The molecule has 1 heterocycles. The smallest absolute Gasteiger partial charge is 0.348 e. The average molecular weight is 489 g/mol. The van der Waals surface area contributed by atoms with Gasteiger partial charge < -0.3 is 23.8 Å². The Balaban J connectivity index is 0.00000408. The van der Waals surface area contributed by atoms with Gasteiger partial charge in [-0.15, -0.1) is 12.4 Å². The summed E-state index contributed by atoms with van der Waals surface area (Å²) < 4.78 is 20.7. The number of hydrogen-bond acceptors (Lipinski definition) is 7. The van der Waals surface area contributed by atoms with E-state index in [4.69, 9.17) is 18.9 Å². The summed E-state index contributed by atoms with van der Waals surface area (Å²) in [5.74, 6) is -0.655. The highest BCUT2D eigenvalue weighted by Gasteiger charge is 2.13. The van der Waals surface area contributed by atoms with Crippen LogP contribution in [0.1, 0.15) is 24.8 Å². The van der Waals surface area contributed by atoms with Gasteiger partial charge in [0.1, 0.15) is 18.2 Å². The normalized spacial score (nSPS) is 13.9. The first-order valence-electron chi connectivity index (χ1n) is 11.4. The Morgan fingerprint density at radius 3 is 2.29 bits per heavy atom. The Kier molecular flexibility index (Phi) is 12.4. The van der Waals surface area contributed by atoms with Crippen LogP contribution in [0.25, 0.3) is 16.8 Å². The minimum absolute atomic E-state index is 0. The van der Waals surface area contributed by atoms with Crippen LogP contribution in [-0.4, -0.2) is 65.8 Å². The van der Waals surface area contributed by atoms with E-state index in [1.165, 1.54) is 24.9 Å². The fraction of sp³-hybridized carbons (Fsp3) is 0.462. The Bertz CT molecular complexity index is 983. The van der Waals surface area contributed by atoms with E-state index in [9.17, 15) is 10.1 Å². The standard InChI is InChI=1S/C26H32N2O5.ClH/c1-30-11-12-31-13-14-32-15-16-33-26(29)24(20-27)18-21-5-6-23-19-25(8-7-22(23)17-21)28-9-3-2-4-10-28;/h5-8,17-19H,2-4,9-16H2,1H3;1H/b24-18+;. The summed E-state index contributed by atoms with van der Waals surface area (Å²) in [6.45, 7) is 4.43. The van der Waals surface area contributed by atoms with E-state index in [2.05, 4.69) is 23.1 Å². The molecule has 0 unspecified atom stereocenters. The first-order chi connectivity index (χ1) is 16.2. The predicted molar refractivity (Wildman–Crippen MR) is 135 cm³/mol. The average Bonchev–Trinajstić information content (AvgIpc) is 2.86. The second-order valence-corrected chi connectivity index (χ2v) is 7.86. The van der Waals surface area contributed by atoms with E-state index in [0.717, 1.165) is 29.4 Å². The Labute approximate surface area is 207 Å². The van der Waals surface area contributed by atoms with E-state index in [1.807, 2.05) is 24.3 Å². The van der Waals surface area contributed by atoms with Gasteiger partial charge in [0.2, 0.25) is 0 Å². The molecule has 0 N–H and O–H groups in total. The van der Waals surface area contributed by atoms with Gasteiger partial charge in [-0.1, -0.05) is 18.2 Å². The summed E-state index contributed by atoms with van der Waals surface area (Å²) in [6, 6.07) is 14.3. The van der Waals surface area contributed by atoms with E-state index in [1.54, 1.807) is 13.2 Å². The number of hydrogen-bond donors (Lipinski definition) is 0. The van der Waals surface area contributed by atoms with Gasteiger partial charge in [0.05, 0.1) is 33.0 Å². The molecule has 7 nitrogen and oxygen atoms in total. The van der Waals surface area contributed by atoms with E-state index < -0.39 is 5.97 Å². The number of carbonyl (C=O) groups is 1. The van der Waals surface area contributed by atoms with Gasteiger partial charge in [0.15, 0.2) is 0 Å². The Hall–Kier alpha value is -2.63. The second-order valence-electron chi connectivity index (χ2n) is 7.86. The molecule has 3 rings (SSSR count). The fourth-order valence-corrected chi connectivity index (χ4v) is 3.73. The number of piperidine rings is 1. The van der Waals surface area contributed by atoms with Crippen LogP contribution in [0.2, 0.25) is 0 Å². The summed E-state index contributed by atoms with van der Waals surface area (Å²) in [4.78, 5) is 14.7. The first kappa shape index (κ1) is 27.6. The molecule has 0 spiro atoms. The molecule has 34 heavy (non-hydrogen) atoms. The van der Waals surface area contributed by atoms with Crippen LogP contribution < -0.4 is 4.90 Å². The number of nitriles is 1. The maximum absolute atomic E-state index is 12.3. The van der Waals surface area contributed by atoms with Gasteiger partial charge in [-0.05, 0) is 59.9 Å². The van der Waals surface area contributed by atoms with Crippen LogP contribution in [0.15, 0.2) is 42.0 Å². The third kappa shape index (κ3) is 8.62. The molecule has 1 fully saturated rings. The summed E-state index contributed by atoms with van der Waals surface area (Å²) in [5.41, 5.74) is 1.99. The minimum atomic E-state index is -0.655. The number of fused-ring (bicyclic) bond motifs is 1. The maximum Gasteiger partial charge on any atom is 0.348 e. The van der Waals surface area contributed by atoms with E-state index >= 15 is 0 Å². The van der Waals surface area contributed by atoms with Crippen LogP contribution in [0.3, 0.4) is 0 Å². The lowest BCUT2D eigenvalue weighted by Crippen LogP contribution is -2.29. The molecule has 1 aliphatic heterocycles. The fourth-order valence-electron chi connectivity index (χ4n) is 3.73. The van der Waals surface area contributed by atoms with Crippen molar-refractivity contribution in [2.75, 3.05) is 64.7 Å². The van der Waals surface area contributed by atoms with Crippen molar-refractivity contribution in [1.29, 1.82) is 5.26 Å². The number of carbonyl (C=O) groups excluding carboxylic acids is 1. The highest BCUT2D eigenvalue weighted by Crippen LogP contribution is 2.26. The van der Waals surface area contributed by atoms with Crippen molar-refractivity contribution in [3.05, 3.63) is 47.5 Å². The molecule has 2 aromatic carbocycles. The lowest BCUT2D eigenvalue weighted by Gasteiger charge is -2.29. The SMILES string of the molecule is COCCOCCOCCOC(=O)/C(C#N)=C/c1ccc2cc(N3CCCCC3)ccc2c1.Cl. The van der Waals surface area contributed by atoms with Gasteiger partial charge in [-0.3, -0.25) is 0 Å².